The summed E-state index contributed by atoms with van der Waals surface area (Å²) in [6, 6.07) is 5.92. The quantitative estimate of drug-likeness (QED) is 0.627. The molecule has 0 unspecified atom stereocenters. The van der Waals surface area contributed by atoms with Gasteiger partial charge in [-0.2, -0.15) is 0 Å². The summed E-state index contributed by atoms with van der Waals surface area (Å²) >= 11 is 5.13. The summed E-state index contributed by atoms with van der Waals surface area (Å²) in [7, 11) is 1.67. The lowest BCUT2D eigenvalue weighted by Crippen LogP contribution is -2.39. The molecule has 1 fully saturated rings. The van der Waals surface area contributed by atoms with Crippen LogP contribution >= 0.6 is 27.3 Å². The molecule has 0 N–H and O–H groups in total. The fourth-order valence-electron chi connectivity index (χ4n) is 3.23. The average molecular weight is 439 g/mol. The van der Waals surface area contributed by atoms with Crippen molar-refractivity contribution in [3.8, 4) is 16.3 Å². The monoisotopic (exact) mass is 438 g/mol. The van der Waals surface area contributed by atoms with Crippen LogP contribution in [0.4, 0.5) is 0 Å². The molecule has 0 radical (unpaired) electrons. The van der Waals surface area contributed by atoms with Gasteiger partial charge in [-0.1, -0.05) is 15.9 Å². The number of halogens is 1. The molecule has 3 rings (SSSR count). The highest BCUT2D eigenvalue weighted by molar-refractivity contribution is 9.10. The van der Waals surface area contributed by atoms with E-state index in [0.29, 0.717) is 6.61 Å². The van der Waals surface area contributed by atoms with Crippen molar-refractivity contribution in [3.05, 3.63) is 33.7 Å². The van der Waals surface area contributed by atoms with E-state index in [1.54, 1.807) is 18.4 Å². The number of aromatic nitrogens is 1. The van der Waals surface area contributed by atoms with Gasteiger partial charge in [-0.15, -0.1) is 11.3 Å². The Kier molecular flexibility index (Phi) is 6.67. The molecule has 0 bridgehead atoms. The minimum Gasteiger partial charge on any atom is -0.496 e. The van der Waals surface area contributed by atoms with Crippen LogP contribution in [-0.4, -0.2) is 42.7 Å². The minimum atomic E-state index is -0.0740. The van der Waals surface area contributed by atoms with Crippen molar-refractivity contribution in [2.24, 2.45) is 5.92 Å². The predicted molar refractivity (Wildman–Crippen MR) is 106 cm³/mol. The van der Waals surface area contributed by atoms with Crippen molar-refractivity contribution < 1.29 is 14.3 Å². The van der Waals surface area contributed by atoms with Gasteiger partial charge >= 0.3 is 5.97 Å². The normalized spacial score (nSPS) is 17.9. The summed E-state index contributed by atoms with van der Waals surface area (Å²) < 4.78 is 11.6. The van der Waals surface area contributed by atoms with E-state index >= 15 is 0 Å². The highest BCUT2D eigenvalue weighted by Crippen LogP contribution is 2.34. The van der Waals surface area contributed by atoms with Gasteiger partial charge in [0.25, 0.3) is 0 Å². The van der Waals surface area contributed by atoms with Crippen LogP contribution in [0.15, 0.2) is 28.1 Å². The van der Waals surface area contributed by atoms with Gasteiger partial charge in [-0.25, -0.2) is 4.98 Å². The number of rotatable bonds is 6. The first kappa shape index (κ1) is 19.3. The first-order chi connectivity index (χ1) is 12.6. The Morgan fingerprint density at radius 3 is 3.08 bits per heavy atom. The van der Waals surface area contributed by atoms with Crippen molar-refractivity contribution in [1.82, 2.24) is 9.88 Å². The Morgan fingerprint density at radius 1 is 1.46 bits per heavy atom. The van der Waals surface area contributed by atoms with Crippen LogP contribution < -0.4 is 4.74 Å². The molecule has 1 aromatic carbocycles. The maximum absolute atomic E-state index is 12.0. The molecule has 1 atom stereocenters. The van der Waals surface area contributed by atoms with E-state index in [-0.39, 0.29) is 11.9 Å². The number of hydrogen-bond acceptors (Lipinski definition) is 6. The lowest BCUT2D eigenvalue weighted by molar-refractivity contribution is -0.150. The molecule has 26 heavy (non-hydrogen) atoms. The van der Waals surface area contributed by atoms with Crippen molar-refractivity contribution in [2.45, 2.75) is 26.3 Å². The lowest BCUT2D eigenvalue weighted by atomic mass is 9.98. The Hall–Kier alpha value is -1.44. The Morgan fingerprint density at radius 2 is 2.31 bits per heavy atom. The molecule has 2 aromatic rings. The highest BCUT2D eigenvalue weighted by Gasteiger charge is 2.27. The lowest BCUT2D eigenvalue weighted by Gasteiger charge is -2.30. The van der Waals surface area contributed by atoms with Crippen molar-refractivity contribution in [2.75, 3.05) is 26.8 Å². The topological polar surface area (TPSA) is 51.7 Å². The van der Waals surface area contributed by atoms with Gasteiger partial charge in [0, 0.05) is 22.9 Å². The Bertz CT molecular complexity index is 765. The van der Waals surface area contributed by atoms with Crippen LogP contribution in [0.5, 0.6) is 5.75 Å². The largest absolute Gasteiger partial charge is 0.496 e. The van der Waals surface area contributed by atoms with Crippen LogP contribution in [-0.2, 0) is 16.1 Å². The predicted octanol–water partition coefficient (Wildman–Crippen LogP) is 4.36. The number of likely N-dealkylation sites (tertiary alicyclic amines) is 1. The summed E-state index contributed by atoms with van der Waals surface area (Å²) in [6.07, 6.45) is 1.92. The highest BCUT2D eigenvalue weighted by atomic mass is 79.9. The zero-order chi connectivity index (χ0) is 18.5. The zero-order valence-corrected chi connectivity index (χ0v) is 17.4. The first-order valence-electron chi connectivity index (χ1n) is 8.78. The van der Waals surface area contributed by atoms with Crippen LogP contribution in [0.25, 0.3) is 10.6 Å². The molecule has 1 saturated heterocycles. The fourth-order valence-corrected chi connectivity index (χ4v) is 4.42. The molecular formula is C19H23BrN2O3S. The number of piperidine rings is 1. The number of methoxy groups -OCH3 is 1. The Balaban J connectivity index is 1.69. The van der Waals surface area contributed by atoms with Gasteiger partial charge in [0.15, 0.2) is 0 Å². The molecule has 1 aromatic heterocycles. The number of thiazole rings is 1. The molecule has 0 saturated carbocycles. The molecule has 0 spiro atoms. The molecule has 140 valence electrons. The standard InChI is InChI=1S/C19H23BrN2O3S/c1-3-25-19(23)13-5-4-8-22(10-13)11-15-12-26-18(21-15)16-9-14(20)6-7-17(16)24-2/h6-7,9,12-13H,3-5,8,10-11H2,1-2H3/t13-/m1/s1. The van der Waals surface area contributed by atoms with Crippen LogP contribution in [0, 0.1) is 5.92 Å². The van der Waals surface area contributed by atoms with E-state index < -0.39 is 0 Å². The first-order valence-corrected chi connectivity index (χ1v) is 10.4. The Labute approximate surface area is 166 Å². The second kappa shape index (κ2) is 8.97. The number of nitrogens with zero attached hydrogens (tertiary/aromatic N) is 2. The molecule has 5 nitrogen and oxygen atoms in total. The van der Waals surface area contributed by atoms with Gasteiger partial charge in [-0.05, 0) is 44.5 Å². The van der Waals surface area contributed by atoms with E-state index in [0.717, 1.165) is 59.0 Å². The summed E-state index contributed by atoms with van der Waals surface area (Å²) in [5, 5.41) is 3.03. The maximum Gasteiger partial charge on any atom is 0.310 e. The van der Waals surface area contributed by atoms with Gasteiger partial charge in [0.05, 0.1) is 30.9 Å². The van der Waals surface area contributed by atoms with E-state index in [9.17, 15) is 4.79 Å². The third-order valence-electron chi connectivity index (χ3n) is 4.45. The molecule has 0 aliphatic carbocycles. The van der Waals surface area contributed by atoms with Crippen LogP contribution in [0.3, 0.4) is 0 Å². The van der Waals surface area contributed by atoms with Crippen molar-refractivity contribution in [1.29, 1.82) is 0 Å². The maximum atomic E-state index is 12.0. The summed E-state index contributed by atoms with van der Waals surface area (Å²) in [6.45, 7) is 4.78. The minimum absolute atomic E-state index is 0.0213. The SMILES string of the molecule is CCOC(=O)[C@@H]1CCCN(Cc2csc(-c3cc(Br)ccc3OC)n2)C1. The van der Waals surface area contributed by atoms with Gasteiger partial charge in [0.2, 0.25) is 0 Å². The summed E-state index contributed by atoms with van der Waals surface area (Å²) in [5.74, 6) is 0.719. The van der Waals surface area contributed by atoms with E-state index in [1.807, 2.05) is 25.1 Å². The summed E-state index contributed by atoms with van der Waals surface area (Å²) in [5.41, 5.74) is 2.01. The van der Waals surface area contributed by atoms with Crippen molar-refractivity contribution in [3.63, 3.8) is 0 Å². The molecule has 1 aliphatic rings. The van der Waals surface area contributed by atoms with E-state index in [4.69, 9.17) is 14.5 Å². The number of carbonyl (C=O) groups excluding carboxylic acids is 1. The molecule has 0 amide bonds. The van der Waals surface area contributed by atoms with Gasteiger partial charge in [0.1, 0.15) is 10.8 Å². The summed E-state index contributed by atoms with van der Waals surface area (Å²) in [4.78, 5) is 19.1. The zero-order valence-electron chi connectivity index (χ0n) is 15.0. The van der Waals surface area contributed by atoms with Gasteiger partial charge in [-0.3, -0.25) is 9.69 Å². The molecule has 2 heterocycles. The number of carbonyl (C=O) groups is 1. The van der Waals surface area contributed by atoms with E-state index in [1.165, 1.54) is 0 Å². The third-order valence-corrected chi connectivity index (χ3v) is 5.87. The smallest absolute Gasteiger partial charge is 0.310 e. The molecule has 1 aliphatic heterocycles. The van der Waals surface area contributed by atoms with Crippen molar-refractivity contribution >= 4 is 33.2 Å². The van der Waals surface area contributed by atoms with Crippen LogP contribution in [0.1, 0.15) is 25.5 Å². The van der Waals surface area contributed by atoms with E-state index in [2.05, 4.69) is 26.2 Å². The number of esters is 1. The third kappa shape index (κ3) is 4.64. The second-order valence-electron chi connectivity index (χ2n) is 6.31. The number of ether oxygens (including phenoxy) is 2. The number of hydrogen-bond donors (Lipinski definition) is 0. The fraction of sp³-hybridized carbons (Fsp3) is 0.474. The average Bonchev–Trinajstić information content (AvgIpc) is 3.10. The number of benzene rings is 1. The molecule has 7 heteroatoms. The second-order valence-corrected chi connectivity index (χ2v) is 8.09. The van der Waals surface area contributed by atoms with Gasteiger partial charge < -0.3 is 9.47 Å². The van der Waals surface area contributed by atoms with Crippen LogP contribution in [0.2, 0.25) is 0 Å². The molecular weight excluding hydrogens is 416 g/mol.